The van der Waals surface area contributed by atoms with Gasteiger partial charge in [0.2, 0.25) is 5.91 Å². The first-order valence-corrected chi connectivity index (χ1v) is 8.36. The highest BCUT2D eigenvalue weighted by molar-refractivity contribution is 5.98. The van der Waals surface area contributed by atoms with Crippen LogP contribution in [0.25, 0.3) is 0 Å². The average molecular weight is 354 g/mol. The summed E-state index contributed by atoms with van der Waals surface area (Å²) in [5, 5.41) is 12.2. The molecule has 2 rings (SSSR count). The van der Waals surface area contributed by atoms with E-state index in [1.54, 1.807) is 31.2 Å². The summed E-state index contributed by atoms with van der Waals surface area (Å²) < 4.78 is 0. The van der Waals surface area contributed by atoms with Crippen LogP contribution in [0.3, 0.4) is 0 Å². The van der Waals surface area contributed by atoms with Gasteiger partial charge in [-0.15, -0.1) is 0 Å². The lowest BCUT2D eigenvalue weighted by molar-refractivity contribution is -0.141. The number of hydrogen-bond acceptors (Lipinski definition) is 3. The van der Waals surface area contributed by atoms with Gasteiger partial charge < -0.3 is 15.3 Å². The van der Waals surface area contributed by atoms with Crippen LogP contribution in [0, 0.1) is 0 Å². The van der Waals surface area contributed by atoms with Crippen molar-refractivity contribution in [1.82, 2.24) is 4.90 Å². The molecule has 6 heteroatoms. The molecule has 0 aliphatic rings. The van der Waals surface area contributed by atoms with Crippen LogP contribution in [-0.2, 0) is 16.0 Å². The maximum absolute atomic E-state index is 12.7. The van der Waals surface area contributed by atoms with Gasteiger partial charge in [0.1, 0.15) is 6.04 Å². The second-order valence-electron chi connectivity index (χ2n) is 5.94. The first-order chi connectivity index (χ1) is 12.4. The van der Waals surface area contributed by atoms with Gasteiger partial charge in [0.05, 0.1) is 0 Å². The van der Waals surface area contributed by atoms with Crippen LogP contribution in [0.5, 0.6) is 0 Å². The van der Waals surface area contributed by atoms with Crippen LogP contribution in [0.15, 0.2) is 54.6 Å². The molecule has 0 bridgehead atoms. The molecule has 0 saturated carbocycles. The molecule has 0 spiro atoms. The number of anilines is 1. The quantitative estimate of drug-likeness (QED) is 0.800. The number of carbonyl (C=O) groups excluding carboxylic acids is 2. The lowest BCUT2D eigenvalue weighted by atomic mass is 10.0. The van der Waals surface area contributed by atoms with Gasteiger partial charge in [-0.1, -0.05) is 43.3 Å². The fourth-order valence-electron chi connectivity index (χ4n) is 2.55. The molecule has 2 aromatic carbocycles. The fraction of sp³-hybridized carbons (Fsp3) is 0.250. The summed E-state index contributed by atoms with van der Waals surface area (Å²) in [6.45, 7) is 1.74. The molecule has 1 atom stereocenters. The Kier molecular flexibility index (Phi) is 6.49. The van der Waals surface area contributed by atoms with E-state index >= 15 is 0 Å². The third kappa shape index (κ3) is 4.92. The van der Waals surface area contributed by atoms with Crippen molar-refractivity contribution in [2.45, 2.75) is 25.8 Å². The van der Waals surface area contributed by atoms with Gasteiger partial charge in [-0.3, -0.25) is 9.59 Å². The maximum atomic E-state index is 12.7. The normalized spacial score (nSPS) is 11.5. The Hall–Kier alpha value is -3.15. The molecule has 2 aromatic rings. The molecule has 0 heterocycles. The number of nitrogens with one attached hydrogen (secondary N) is 1. The molecule has 0 radical (unpaired) electrons. The van der Waals surface area contributed by atoms with Crippen LogP contribution < -0.4 is 5.32 Å². The smallest absolute Gasteiger partial charge is 0.326 e. The van der Waals surface area contributed by atoms with Crippen molar-refractivity contribution in [2.24, 2.45) is 0 Å². The number of rotatable bonds is 7. The van der Waals surface area contributed by atoms with Crippen molar-refractivity contribution in [3.63, 3.8) is 0 Å². The number of likely N-dealkylation sites (N-methyl/N-ethyl adjacent to an activating group) is 1. The van der Waals surface area contributed by atoms with Gasteiger partial charge in [0.15, 0.2) is 0 Å². The third-order valence-electron chi connectivity index (χ3n) is 4.06. The van der Waals surface area contributed by atoms with E-state index in [9.17, 15) is 19.5 Å². The Balaban J connectivity index is 2.19. The number of amides is 2. The molecular formula is C20H22N2O4. The highest BCUT2D eigenvalue weighted by Gasteiger charge is 2.27. The van der Waals surface area contributed by atoms with E-state index in [1.165, 1.54) is 11.9 Å². The van der Waals surface area contributed by atoms with Crippen molar-refractivity contribution in [2.75, 3.05) is 12.4 Å². The van der Waals surface area contributed by atoms with Gasteiger partial charge in [-0.2, -0.15) is 0 Å². The molecule has 2 N–H and O–H groups in total. The predicted molar refractivity (Wildman–Crippen MR) is 99.0 cm³/mol. The molecule has 6 nitrogen and oxygen atoms in total. The highest BCUT2D eigenvalue weighted by Crippen LogP contribution is 2.16. The SMILES string of the molecule is CCC(=O)Nc1cccc(C(=O)N(C)C(Cc2ccccc2)C(=O)O)c1. The zero-order valence-electron chi connectivity index (χ0n) is 14.8. The summed E-state index contributed by atoms with van der Waals surface area (Å²) in [7, 11) is 1.47. The summed E-state index contributed by atoms with van der Waals surface area (Å²) in [6, 6.07) is 14.7. The Labute approximate surface area is 152 Å². The zero-order valence-corrected chi connectivity index (χ0v) is 14.8. The number of benzene rings is 2. The minimum atomic E-state index is -1.07. The van der Waals surface area contributed by atoms with Crippen LogP contribution in [0.4, 0.5) is 5.69 Å². The first kappa shape index (κ1) is 19.2. The number of aliphatic carboxylic acids is 1. The summed E-state index contributed by atoms with van der Waals surface area (Å²) in [4.78, 5) is 37.2. The van der Waals surface area contributed by atoms with Gasteiger partial charge in [-0.05, 0) is 23.8 Å². The van der Waals surface area contributed by atoms with Crippen molar-refractivity contribution in [1.29, 1.82) is 0 Å². The fourth-order valence-corrected chi connectivity index (χ4v) is 2.55. The Bertz CT molecular complexity index is 789. The monoisotopic (exact) mass is 354 g/mol. The van der Waals surface area contributed by atoms with Crippen molar-refractivity contribution in [3.8, 4) is 0 Å². The molecule has 1 unspecified atom stereocenters. The largest absolute Gasteiger partial charge is 0.480 e. The Morgan fingerprint density at radius 2 is 1.77 bits per heavy atom. The van der Waals surface area contributed by atoms with Crippen molar-refractivity contribution >= 4 is 23.5 Å². The number of carbonyl (C=O) groups is 3. The number of nitrogens with zero attached hydrogens (tertiary/aromatic N) is 1. The summed E-state index contributed by atoms with van der Waals surface area (Å²) >= 11 is 0. The van der Waals surface area contributed by atoms with E-state index in [0.29, 0.717) is 17.7 Å². The van der Waals surface area contributed by atoms with E-state index < -0.39 is 17.9 Å². The van der Waals surface area contributed by atoms with E-state index in [2.05, 4.69) is 5.32 Å². The van der Waals surface area contributed by atoms with Crippen LogP contribution in [0.2, 0.25) is 0 Å². The van der Waals surface area contributed by atoms with Gasteiger partial charge in [-0.25, -0.2) is 4.79 Å². The lowest BCUT2D eigenvalue weighted by Crippen LogP contribution is -2.43. The summed E-state index contributed by atoms with van der Waals surface area (Å²) in [5.74, 6) is -1.64. The summed E-state index contributed by atoms with van der Waals surface area (Å²) in [5.41, 5.74) is 1.66. The van der Waals surface area contributed by atoms with E-state index in [1.807, 2.05) is 30.3 Å². The van der Waals surface area contributed by atoms with Gasteiger partial charge in [0.25, 0.3) is 5.91 Å². The summed E-state index contributed by atoms with van der Waals surface area (Å²) in [6.07, 6.45) is 0.543. The van der Waals surface area contributed by atoms with Crippen molar-refractivity contribution in [3.05, 3.63) is 65.7 Å². The Morgan fingerprint density at radius 3 is 2.38 bits per heavy atom. The number of hydrogen-bond donors (Lipinski definition) is 2. The van der Waals surface area contributed by atoms with E-state index in [0.717, 1.165) is 5.56 Å². The second kappa shape index (κ2) is 8.80. The molecule has 26 heavy (non-hydrogen) atoms. The molecule has 0 fully saturated rings. The predicted octanol–water partition coefficient (Wildman–Crippen LogP) is 2.80. The number of carboxylic acids is 1. The molecule has 0 aliphatic heterocycles. The van der Waals surface area contributed by atoms with Gasteiger partial charge >= 0.3 is 5.97 Å². The molecule has 0 saturated heterocycles. The third-order valence-corrected chi connectivity index (χ3v) is 4.06. The van der Waals surface area contributed by atoms with Crippen LogP contribution >= 0.6 is 0 Å². The number of carboxylic acid groups (broad SMARTS) is 1. The molecule has 136 valence electrons. The highest BCUT2D eigenvalue weighted by atomic mass is 16.4. The second-order valence-corrected chi connectivity index (χ2v) is 5.94. The molecule has 0 aliphatic carbocycles. The molecule has 2 amide bonds. The minimum Gasteiger partial charge on any atom is -0.480 e. The van der Waals surface area contributed by atoms with Crippen LogP contribution in [0.1, 0.15) is 29.3 Å². The lowest BCUT2D eigenvalue weighted by Gasteiger charge is -2.25. The zero-order chi connectivity index (χ0) is 19.1. The molecular weight excluding hydrogens is 332 g/mol. The maximum Gasteiger partial charge on any atom is 0.326 e. The van der Waals surface area contributed by atoms with Gasteiger partial charge in [0, 0.05) is 31.1 Å². The standard InChI is InChI=1S/C20H22N2O4/c1-3-18(23)21-16-11-7-10-15(13-16)19(24)22(2)17(20(25)26)12-14-8-5-4-6-9-14/h4-11,13,17H,3,12H2,1-2H3,(H,21,23)(H,25,26). The van der Waals surface area contributed by atoms with Crippen molar-refractivity contribution < 1.29 is 19.5 Å². The molecule has 0 aromatic heterocycles. The average Bonchev–Trinajstić information content (AvgIpc) is 2.65. The minimum absolute atomic E-state index is 0.157. The first-order valence-electron chi connectivity index (χ1n) is 8.36. The van der Waals surface area contributed by atoms with E-state index in [4.69, 9.17) is 0 Å². The topological polar surface area (TPSA) is 86.7 Å². The van der Waals surface area contributed by atoms with Crippen LogP contribution in [-0.4, -0.2) is 40.9 Å². The Morgan fingerprint density at radius 1 is 1.08 bits per heavy atom. The van der Waals surface area contributed by atoms with E-state index in [-0.39, 0.29) is 12.3 Å².